The van der Waals surface area contributed by atoms with Crippen LogP contribution in [0.25, 0.3) is 22.1 Å². The molecule has 1 aromatic carbocycles. The highest BCUT2D eigenvalue weighted by Gasteiger charge is 2.11. The number of aromatic nitrogens is 3. The topological polar surface area (TPSA) is 67.6 Å². The van der Waals surface area contributed by atoms with E-state index >= 15 is 0 Å². The van der Waals surface area contributed by atoms with Crippen LogP contribution in [0.15, 0.2) is 40.2 Å². The van der Waals surface area contributed by atoms with Gasteiger partial charge < -0.3 is 5.73 Å². The van der Waals surface area contributed by atoms with Crippen LogP contribution in [0.5, 0.6) is 0 Å². The number of nitrogens with zero attached hydrogens (tertiary/aromatic N) is 2. The first-order valence-corrected chi connectivity index (χ1v) is 6.93. The Bertz CT molecular complexity index is 675. The van der Waals surface area contributed by atoms with E-state index in [1.807, 2.05) is 35.7 Å². The number of thiophene rings is 1. The lowest BCUT2D eigenvalue weighted by Crippen LogP contribution is -1.91. The Morgan fingerprint density at radius 1 is 1.28 bits per heavy atom. The number of nitrogen functional groups attached to an aromatic ring is 1. The molecule has 2 aromatic heterocycles. The van der Waals surface area contributed by atoms with Gasteiger partial charge in [-0.2, -0.15) is 5.10 Å². The molecule has 3 N–H and O–H groups in total. The Balaban J connectivity index is 2.05. The molecule has 0 aliphatic carbocycles. The minimum Gasteiger partial charge on any atom is -0.398 e. The van der Waals surface area contributed by atoms with Crippen molar-refractivity contribution in [3.05, 3.63) is 40.2 Å². The average molecular weight is 321 g/mol. The average Bonchev–Trinajstić information content (AvgIpc) is 3.00. The summed E-state index contributed by atoms with van der Waals surface area (Å²) >= 11 is 5.04. The molecule has 0 aliphatic rings. The summed E-state index contributed by atoms with van der Waals surface area (Å²) < 4.78 is 0.953. The standard InChI is InChI=1S/C12H9BrN4S/c13-7-3-4-9(14)8(6-7)11-15-12(17-16-11)10-2-1-5-18-10/h1-6H,14H2,(H,15,16,17). The van der Waals surface area contributed by atoms with Gasteiger partial charge in [0, 0.05) is 15.7 Å². The van der Waals surface area contributed by atoms with Gasteiger partial charge in [0.25, 0.3) is 0 Å². The molecule has 0 atom stereocenters. The summed E-state index contributed by atoms with van der Waals surface area (Å²) in [5.41, 5.74) is 7.42. The van der Waals surface area contributed by atoms with Gasteiger partial charge in [0.05, 0.1) is 4.88 Å². The van der Waals surface area contributed by atoms with Gasteiger partial charge in [-0.15, -0.1) is 11.3 Å². The predicted molar refractivity (Wildman–Crippen MR) is 77.2 cm³/mol. The number of anilines is 1. The zero-order valence-corrected chi connectivity index (χ0v) is 11.6. The first kappa shape index (κ1) is 11.4. The largest absolute Gasteiger partial charge is 0.398 e. The normalized spacial score (nSPS) is 10.7. The van der Waals surface area contributed by atoms with Gasteiger partial charge >= 0.3 is 0 Å². The first-order chi connectivity index (χ1) is 8.74. The SMILES string of the molecule is Nc1ccc(Br)cc1-c1n[nH]c(-c2cccs2)n1. The van der Waals surface area contributed by atoms with Crippen LogP contribution in [0.3, 0.4) is 0 Å². The first-order valence-electron chi connectivity index (χ1n) is 5.26. The third-order valence-electron chi connectivity index (χ3n) is 2.50. The van der Waals surface area contributed by atoms with Crippen molar-refractivity contribution in [3.63, 3.8) is 0 Å². The van der Waals surface area contributed by atoms with Crippen LogP contribution in [0.2, 0.25) is 0 Å². The Morgan fingerprint density at radius 3 is 2.94 bits per heavy atom. The van der Waals surface area contributed by atoms with E-state index < -0.39 is 0 Å². The predicted octanol–water partition coefficient (Wildman–Crippen LogP) is 3.54. The fourth-order valence-electron chi connectivity index (χ4n) is 1.63. The summed E-state index contributed by atoms with van der Waals surface area (Å²) in [4.78, 5) is 5.53. The molecule has 0 unspecified atom stereocenters. The number of nitrogens with one attached hydrogen (secondary N) is 1. The third-order valence-corrected chi connectivity index (χ3v) is 3.87. The minimum absolute atomic E-state index is 0.609. The molecule has 3 aromatic rings. The van der Waals surface area contributed by atoms with E-state index in [9.17, 15) is 0 Å². The number of hydrogen-bond acceptors (Lipinski definition) is 4. The molecule has 0 radical (unpaired) electrons. The maximum absolute atomic E-state index is 5.94. The molecule has 0 spiro atoms. The highest BCUT2D eigenvalue weighted by atomic mass is 79.9. The molecule has 18 heavy (non-hydrogen) atoms. The van der Waals surface area contributed by atoms with Gasteiger partial charge in [0.1, 0.15) is 0 Å². The number of nitrogens with two attached hydrogens (primary N) is 1. The second-order valence-electron chi connectivity index (χ2n) is 3.72. The quantitative estimate of drug-likeness (QED) is 0.709. The maximum Gasteiger partial charge on any atom is 0.183 e. The molecular formula is C12H9BrN4S. The molecule has 2 heterocycles. The summed E-state index contributed by atoms with van der Waals surface area (Å²) in [6, 6.07) is 9.62. The molecule has 4 nitrogen and oxygen atoms in total. The van der Waals surface area contributed by atoms with Crippen molar-refractivity contribution in [2.24, 2.45) is 0 Å². The van der Waals surface area contributed by atoms with Crippen LogP contribution in [0, 0.1) is 0 Å². The Labute approximate surface area is 116 Å². The Hall–Kier alpha value is -1.66. The second-order valence-corrected chi connectivity index (χ2v) is 5.58. The zero-order chi connectivity index (χ0) is 12.5. The van der Waals surface area contributed by atoms with Gasteiger partial charge in [0.15, 0.2) is 11.6 Å². The molecule has 0 saturated heterocycles. The fraction of sp³-hybridized carbons (Fsp3) is 0. The summed E-state index contributed by atoms with van der Waals surface area (Å²) in [5, 5.41) is 9.15. The molecule has 0 saturated carbocycles. The third kappa shape index (κ3) is 2.04. The van der Waals surface area contributed by atoms with Crippen LogP contribution >= 0.6 is 27.3 Å². The summed E-state index contributed by atoms with van der Waals surface area (Å²) in [6.45, 7) is 0. The number of benzene rings is 1. The van der Waals surface area contributed by atoms with Crippen LogP contribution in [0.1, 0.15) is 0 Å². The van der Waals surface area contributed by atoms with E-state index in [0.29, 0.717) is 11.5 Å². The highest BCUT2D eigenvalue weighted by Crippen LogP contribution is 2.28. The minimum atomic E-state index is 0.609. The van der Waals surface area contributed by atoms with E-state index in [-0.39, 0.29) is 0 Å². The molecule has 0 bridgehead atoms. The molecule has 6 heteroatoms. The fourth-order valence-corrected chi connectivity index (χ4v) is 2.65. The molecular weight excluding hydrogens is 312 g/mol. The number of aromatic amines is 1. The lowest BCUT2D eigenvalue weighted by atomic mass is 10.2. The van der Waals surface area contributed by atoms with Crippen molar-refractivity contribution in [1.82, 2.24) is 15.2 Å². The van der Waals surface area contributed by atoms with Crippen molar-refractivity contribution in [2.75, 3.05) is 5.73 Å². The smallest absolute Gasteiger partial charge is 0.183 e. The van der Waals surface area contributed by atoms with Crippen LogP contribution in [-0.4, -0.2) is 15.2 Å². The number of H-pyrrole nitrogens is 1. The van der Waals surface area contributed by atoms with Gasteiger partial charge in [-0.3, -0.25) is 5.10 Å². The molecule has 90 valence electrons. The Morgan fingerprint density at radius 2 is 2.17 bits per heavy atom. The maximum atomic E-state index is 5.94. The van der Waals surface area contributed by atoms with Crippen molar-refractivity contribution < 1.29 is 0 Å². The molecule has 3 rings (SSSR count). The van der Waals surface area contributed by atoms with Gasteiger partial charge in [-0.05, 0) is 29.6 Å². The van der Waals surface area contributed by atoms with Crippen LogP contribution < -0.4 is 5.73 Å². The van der Waals surface area contributed by atoms with E-state index in [0.717, 1.165) is 20.7 Å². The van der Waals surface area contributed by atoms with Crippen molar-refractivity contribution >= 4 is 33.0 Å². The van der Waals surface area contributed by atoms with E-state index in [1.54, 1.807) is 11.3 Å². The molecule has 0 fully saturated rings. The molecule has 0 amide bonds. The van der Waals surface area contributed by atoms with E-state index in [4.69, 9.17) is 5.73 Å². The second kappa shape index (κ2) is 4.55. The number of halogens is 1. The summed E-state index contributed by atoms with van der Waals surface area (Å²) in [5.74, 6) is 1.37. The van der Waals surface area contributed by atoms with E-state index in [1.165, 1.54) is 0 Å². The summed E-state index contributed by atoms with van der Waals surface area (Å²) in [7, 11) is 0. The van der Waals surface area contributed by atoms with Crippen LogP contribution in [-0.2, 0) is 0 Å². The lowest BCUT2D eigenvalue weighted by Gasteiger charge is -2.01. The highest BCUT2D eigenvalue weighted by molar-refractivity contribution is 9.10. The van der Waals surface area contributed by atoms with E-state index in [2.05, 4.69) is 31.1 Å². The van der Waals surface area contributed by atoms with Crippen molar-refractivity contribution in [2.45, 2.75) is 0 Å². The Kier molecular flexibility index (Phi) is 2.89. The lowest BCUT2D eigenvalue weighted by molar-refractivity contribution is 1.10. The van der Waals surface area contributed by atoms with Crippen molar-refractivity contribution in [3.8, 4) is 22.1 Å². The summed E-state index contributed by atoms with van der Waals surface area (Å²) in [6.07, 6.45) is 0. The number of hydrogen-bond donors (Lipinski definition) is 2. The van der Waals surface area contributed by atoms with Gasteiger partial charge in [-0.1, -0.05) is 22.0 Å². The van der Waals surface area contributed by atoms with Crippen LogP contribution in [0.4, 0.5) is 5.69 Å². The molecule has 0 aliphatic heterocycles. The zero-order valence-electron chi connectivity index (χ0n) is 9.22. The van der Waals surface area contributed by atoms with Gasteiger partial charge in [0.2, 0.25) is 0 Å². The van der Waals surface area contributed by atoms with Gasteiger partial charge in [-0.25, -0.2) is 4.98 Å². The number of rotatable bonds is 2. The van der Waals surface area contributed by atoms with Crippen molar-refractivity contribution in [1.29, 1.82) is 0 Å². The monoisotopic (exact) mass is 320 g/mol.